The average molecular weight is 463 g/mol. The second-order valence-corrected chi connectivity index (χ2v) is 9.29. The van der Waals surface area contributed by atoms with E-state index in [2.05, 4.69) is 10.3 Å². The van der Waals surface area contributed by atoms with Crippen LogP contribution in [0.25, 0.3) is 5.65 Å². The Hall–Kier alpha value is -3.35. The number of imidazole rings is 1. The number of unbranched alkanes of at least 4 members (excludes halogenated alkanes) is 1. The number of aromatic nitrogens is 2. The lowest BCUT2D eigenvalue weighted by molar-refractivity contribution is 0.0685. The SMILES string of the molecule is CC(C)Oc1ccc(C(=O)N2CCC(CCCCNC(=O)c3ccc4nccn4c3)CC2)cc1. The summed E-state index contributed by atoms with van der Waals surface area (Å²) in [5.74, 6) is 1.49. The van der Waals surface area contributed by atoms with Gasteiger partial charge in [-0.05, 0) is 75.4 Å². The van der Waals surface area contributed by atoms with Gasteiger partial charge in [-0.2, -0.15) is 0 Å². The molecule has 2 aromatic heterocycles. The Bertz CT molecular complexity index is 1100. The second-order valence-electron chi connectivity index (χ2n) is 9.29. The molecule has 0 saturated carbocycles. The van der Waals surface area contributed by atoms with Gasteiger partial charge in [0.05, 0.1) is 11.7 Å². The summed E-state index contributed by atoms with van der Waals surface area (Å²) in [6.45, 7) is 6.27. The van der Waals surface area contributed by atoms with Crippen molar-refractivity contribution in [3.05, 3.63) is 66.1 Å². The molecule has 1 fully saturated rings. The molecule has 1 aliphatic heterocycles. The molecular formula is C27H34N4O3. The number of hydrogen-bond acceptors (Lipinski definition) is 4. The fourth-order valence-electron chi connectivity index (χ4n) is 4.47. The Morgan fingerprint density at radius 1 is 1.06 bits per heavy atom. The van der Waals surface area contributed by atoms with Crippen LogP contribution >= 0.6 is 0 Å². The maximum absolute atomic E-state index is 12.8. The molecule has 7 nitrogen and oxygen atoms in total. The molecular weight excluding hydrogens is 428 g/mol. The van der Waals surface area contributed by atoms with Gasteiger partial charge in [-0.25, -0.2) is 4.98 Å². The van der Waals surface area contributed by atoms with E-state index in [-0.39, 0.29) is 17.9 Å². The highest BCUT2D eigenvalue weighted by Gasteiger charge is 2.23. The standard InChI is InChI=1S/C27H34N4O3/c1-20(2)34-24-9-6-22(7-10-24)27(33)30-16-12-21(13-17-30)5-3-4-14-29-26(32)23-8-11-25-28-15-18-31(25)19-23/h6-11,15,18-21H,3-5,12-14,16-17H2,1-2H3,(H,29,32). The van der Waals surface area contributed by atoms with Gasteiger partial charge in [-0.1, -0.05) is 12.8 Å². The van der Waals surface area contributed by atoms with Gasteiger partial charge in [0.25, 0.3) is 11.8 Å². The zero-order valence-corrected chi connectivity index (χ0v) is 20.1. The molecule has 34 heavy (non-hydrogen) atoms. The molecule has 0 aliphatic carbocycles. The lowest BCUT2D eigenvalue weighted by atomic mass is 9.91. The average Bonchev–Trinajstić information content (AvgIpc) is 3.32. The van der Waals surface area contributed by atoms with Gasteiger partial charge < -0.3 is 19.4 Å². The van der Waals surface area contributed by atoms with Crippen LogP contribution in [0.3, 0.4) is 0 Å². The summed E-state index contributed by atoms with van der Waals surface area (Å²) in [7, 11) is 0. The molecule has 0 radical (unpaired) electrons. The van der Waals surface area contributed by atoms with Crippen LogP contribution in [0.15, 0.2) is 55.0 Å². The fourth-order valence-corrected chi connectivity index (χ4v) is 4.47. The molecule has 1 aliphatic rings. The van der Waals surface area contributed by atoms with E-state index in [1.807, 2.05) is 59.7 Å². The van der Waals surface area contributed by atoms with Gasteiger partial charge in [0, 0.05) is 43.8 Å². The first kappa shape index (κ1) is 23.8. The van der Waals surface area contributed by atoms with E-state index in [0.717, 1.165) is 62.2 Å². The summed E-state index contributed by atoms with van der Waals surface area (Å²) in [6.07, 6.45) is 10.7. The Kier molecular flexibility index (Phi) is 7.83. The highest BCUT2D eigenvalue weighted by atomic mass is 16.5. The number of fused-ring (bicyclic) bond motifs is 1. The topological polar surface area (TPSA) is 75.9 Å². The molecule has 7 heteroatoms. The highest BCUT2D eigenvalue weighted by molar-refractivity contribution is 5.94. The van der Waals surface area contributed by atoms with Crippen LogP contribution in [0, 0.1) is 5.92 Å². The molecule has 3 heterocycles. The highest BCUT2D eigenvalue weighted by Crippen LogP contribution is 2.24. The van der Waals surface area contributed by atoms with Crippen molar-refractivity contribution in [2.24, 2.45) is 5.92 Å². The van der Waals surface area contributed by atoms with Crippen LogP contribution in [0.1, 0.15) is 66.7 Å². The summed E-state index contributed by atoms with van der Waals surface area (Å²) in [6, 6.07) is 11.1. The number of pyridine rings is 1. The minimum atomic E-state index is -0.0498. The largest absolute Gasteiger partial charge is 0.491 e. The minimum absolute atomic E-state index is 0.0498. The Balaban J connectivity index is 1.13. The molecule has 0 atom stereocenters. The molecule has 3 aromatic rings. The maximum Gasteiger partial charge on any atom is 0.253 e. The molecule has 180 valence electrons. The third-order valence-corrected chi connectivity index (χ3v) is 6.35. The lowest BCUT2D eigenvalue weighted by Gasteiger charge is -2.32. The number of amides is 2. The van der Waals surface area contributed by atoms with Gasteiger partial charge in [0.1, 0.15) is 11.4 Å². The zero-order valence-electron chi connectivity index (χ0n) is 20.1. The molecule has 4 rings (SSSR count). The third-order valence-electron chi connectivity index (χ3n) is 6.35. The molecule has 1 aromatic carbocycles. The summed E-state index contributed by atoms with van der Waals surface area (Å²) in [5, 5.41) is 3.01. The fraction of sp³-hybridized carbons (Fsp3) is 0.444. The van der Waals surface area contributed by atoms with Crippen LogP contribution in [-0.4, -0.2) is 51.8 Å². The molecule has 0 unspecified atom stereocenters. The quantitative estimate of drug-likeness (QED) is 0.473. The van der Waals surface area contributed by atoms with Crippen LogP contribution in [0.2, 0.25) is 0 Å². The van der Waals surface area contributed by atoms with Crippen LogP contribution in [0.4, 0.5) is 0 Å². The summed E-state index contributed by atoms with van der Waals surface area (Å²) < 4.78 is 7.51. The van der Waals surface area contributed by atoms with Gasteiger partial charge in [0.15, 0.2) is 0 Å². The summed E-state index contributed by atoms with van der Waals surface area (Å²) in [5.41, 5.74) is 2.19. The normalized spacial score (nSPS) is 14.5. The van der Waals surface area contributed by atoms with Gasteiger partial charge in [0.2, 0.25) is 0 Å². The number of piperidine rings is 1. The molecule has 0 spiro atoms. The van der Waals surface area contributed by atoms with E-state index >= 15 is 0 Å². The van der Waals surface area contributed by atoms with Crippen molar-refractivity contribution in [2.45, 2.75) is 52.1 Å². The maximum atomic E-state index is 12.8. The van der Waals surface area contributed by atoms with E-state index in [1.165, 1.54) is 0 Å². The Labute approximate surface area is 201 Å². The number of likely N-dealkylation sites (tertiary alicyclic amines) is 1. The molecule has 2 amide bonds. The number of hydrogen-bond donors (Lipinski definition) is 1. The van der Waals surface area contributed by atoms with Crippen LogP contribution in [0.5, 0.6) is 5.75 Å². The van der Waals surface area contributed by atoms with E-state index in [4.69, 9.17) is 4.74 Å². The first-order valence-electron chi connectivity index (χ1n) is 12.3. The number of carbonyl (C=O) groups excluding carboxylic acids is 2. The summed E-state index contributed by atoms with van der Waals surface area (Å²) >= 11 is 0. The van der Waals surface area contributed by atoms with Crippen molar-refractivity contribution in [3.63, 3.8) is 0 Å². The second kappa shape index (κ2) is 11.2. The van der Waals surface area contributed by atoms with Crippen molar-refractivity contribution in [1.29, 1.82) is 0 Å². The number of nitrogens with one attached hydrogen (secondary N) is 1. The van der Waals surface area contributed by atoms with Gasteiger partial charge in [-0.15, -0.1) is 0 Å². The monoisotopic (exact) mass is 462 g/mol. The van der Waals surface area contributed by atoms with E-state index in [1.54, 1.807) is 18.5 Å². The smallest absolute Gasteiger partial charge is 0.253 e. The van der Waals surface area contributed by atoms with E-state index in [0.29, 0.717) is 18.0 Å². The Morgan fingerprint density at radius 3 is 2.53 bits per heavy atom. The molecule has 1 saturated heterocycles. The molecule has 0 bridgehead atoms. The minimum Gasteiger partial charge on any atom is -0.491 e. The molecule has 1 N–H and O–H groups in total. The summed E-state index contributed by atoms with van der Waals surface area (Å²) in [4.78, 5) is 31.3. The van der Waals surface area contributed by atoms with Crippen molar-refractivity contribution in [1.82, 2.24) is 19.6 Å². The van der Waals surface area contributed by atoms with Crippen molar-refractivity contribution >= 4 is 17.5 Å². The number of rotatable bonds is 9. The number of nitrogens with zero attached hydrogens (tertiary/aromatic N) is 3. The number of ether oxygens (including phenoxy) is 1. The number of carbonyl (C=O) groups is 2. The first-order valence-corrected chi connectivity index (χ1v) is 12.3. The van der Waals surface area contributed by atoms with Gasteiger partial charge >= 0.3 is 0 Å². The van der Waals surface area contributed by atoms with Crippen molar-refractivity contribution in [3.8, 4) is 5.75 Å². The zero-order chi connectivity index (χ0) is 23.9. The number of benzene rings is 1. The van der Waals surface area contributed by atoms with Crippen LogP contribution < -0.4 is 10.1 Å². The predicted octanol–water partition coefficient (Wildman–Crippen LogP) is 4.57. The van der Waals surface area contributed by atoms with E-state index in [9.17, 15) is 9.59 Å². The predicted molar refractivity (Wildman–Crippen MR) is 132 cm³/mol. The van der Waals surface area contributed by atoms with E-state index < -0.39 is 0 Å². The van der Waals surface area contributed by atoms with Crippen LogP contribution in [-0.2, 0) is 0 Å². The third kappa shape index (κ3) is 6.16. The lowest BCUT2D eigenvalue weighted by Crippen LogP contribution is -2.38. The van der Waals surface area contributed by atoms with Gasteiger partial charge in [-0.3, -0.25) is 9.59 Å². The Morgan fingerprint density at radius 2 is 1.79 bits per heavy atom. The van der Waals surface area contributed by atoms with Crippen molar-refractivity contribution in [2.75, 3.05) is 19.6 Å². The first-order chi connectivity index (χ1) is 16.5. The van der Waals surface area contributed by atoms with Crippen molar-refractivity contribution < 1.29 is 14.3 Å².